The number of aliphatic carboxylic acids is 2. The summed E-state index contributed by atoms with van der Waals surface area (Å²) in [6.07, 6.45) is -0.313. The lowest BCUT2D eigenvalue weighted by Crippen LogP contribution is -2.49. The maximum absolute atomic E-state index is 13.7. The Balaban J connectivity index is 1.97. The van der Waals surface area contributed by atoms with E-state index in [1.54, 1.807) is 36.1 Å². The molecule has 2 aromatic rings. The molecule has 4 rings (SSSR count). The highest BCUT2D eigenvalue weighted by molar-refractivity contribution is 7.85. The molecule has 224 valence electrons. The summed E-state index contributed by atoms with van der Waals surface area (Å²) in [7, 11) is 1.76. The second-order valence-corrected chi connectivity index (χ2v) is 12.9. The normalized spacial score (nSPS) is 20.6. The van der Waals surface area contributed by atoms with Crippen molar-refractivity contribution in [3.8, 4) is 0 Å². The van der Waals surface area contributed by atoms with Gasteiger partial charge in [-0.05, 0) is 44.7 Å². The molecule has 9 nitrogen and oxygen atoms in total. The van der Waals surface area contributed by atoms with Gasteiger partial charge in [0.05, 0.1) is 39.5 Å². The summed E-state index contributed by atoms with van der Waals surface area (Å²) in [6.45, 7) is 5.54. The van der Waals surface area contributed by atoms with Crippen molar-refractivity contribution in [3.05, 3.63) is 86.2 Å². The van der Waals surface area contributed by atoms with Crippen molar-refractivity contribution in [3.63, 3.8) is 0 Å². The summed E-state index contributed by atoms with van der Waals surface area (Å²) in [5.74, 6) is -3.38. The Bertz CT molecular complexity index is 1510. The van der Waals surface area contributed by atoms with Crippen LogP contribution in [-0.4, -0.2) is 93.0 Å². The molecule has 2 atom stereocenters. The van der Waals surface area contributed by atoms with Crippen LogP contribution in [0.4, 0.5) is 0 Å². The molecule has 2 N–H and O–H groups in total. The van der Waals surface area contributed by atoms with Crippen LogP contribution in [0.3, 0.4) is 0 Å². The second-order valence-electron chi connectivity index (χ2n) is 10.7. The summed E-state index contributed by atoms with van der Waals surface area (Å²) < 4.78 is 13.7. The maximum atomic E-state index is 13.7. The van der Waals surface area contributed by atoms with E-state index in [0.717, 1.165) is 5.56 Å². The van der Waals surface area contributed by atoms with Gasteiger partial charge in [0.1, 0.15) is 0 Å². The number of nitrogens with zero attached hydrogens (tertiary/aromatic N) is 3. The highest BCUT2D eigenvalue weighted by Crippen LogP contribution is 2.51. The van der Waals surface area contributed by atoms with Crippen LogP contribution in [0.25, 0.3) is 0 Å². The molecule has 2 aliphatic rings. The van der Waals surface area contributed by atoms with Gasteiger partial charge in [-0.2, -0.15) is 0 Å². The Hall–Kier alpha value is -3.18. The number of rotatable bonds is 8. The van der Waals surface area contributed by atoms with Gasteiger partial charge in [-0.15, -0.1) is 0 Å². The first-order valence-electron chi connectivity index (χ1n) is 13.3. The highest BCUT2D eigenvalue weighted by atomic mass is 35.5. The topological polar surface area (TPSA) is 118 Å². The number of hydrogen-bond acceptors (Lipinski definition) is 6. The number of carbonyl (C=O) groups is 3. The number of piperazine rings is 1. The van der Waals surface area contributed by atoms with E-state index in [9.17, 15) is 28.8 Å². The third-order valence-electron chi connectivity index (χ3n) is 8.06. The van der Waals surface area contributed by atoms with E-state index in [0.29, 0.717) is 31.1 Å². The predicted molar refractivity (Wildman–Crippen MR) is 162 cm³/mol. The van der Waals surface area contributed by atoms with Crippen molar-refractivity contribution in [1.82, 2.24) is 14.7 Å². The van der Waals surface area contributed by atoms with E-state index in [2.05, 4.69) is 4.90 Å². The van der Waals surface area contributed by atoms with Crippen molar-refractivity contribution in [2.75, 3.05) is 46.0 Å². The van der Waals surface area contributed by atoms with Crippen LogP contribution < -0.4 is 0 Å². The molecule has 12 heteroatoms. The minimum atomic E-state index is -1.90. The Labute approximate surface area is 257 Å². The highest BCUT2D eigenvalue weighted by Gasteiger charge is 2.52. The number of amides is 1. The molecule has 0 saturated carbocycles. The molecule has 0 spiro atoms. The Morgan fingerprint density at radius 2 is 1.43 bits per heavy atom. The smallest absolute Gasteiger partial charge is 0.334 e. The average molecular weight is 635 g/mol. The summed E-state index contributed by atoms with van der Waals surface area (Å²) >= 11 is 13.2. The number of likely N-dealkylation sites (N-methyl/N-ethyl adjacent to an activating group) is 1. The number of carbonyl (C=O) groups excluding carboxylic acids is 1. The molecule has 2 heterocycles. The molecule has 0 radical (unpaired) electrons. The SMILES string of the molecule is Cc1ccccc1S(=O)CC1=C(C(=O)O)C(C)(c2c(Cl)cccc2Cl)C(C(=O)O)=C(CC(=O)N2CCN(C)CC2)N1C. The van der Waals surface area contributed by atoms with Crippen molar-refractivity contribution >= 4 is 51.8 Å². The van der Waals surface area contributed by atoms with Crippen LogP contribution in [0.5, 0.6) is 0 Å². The van der Waals surface area contributed by atoms with Crippen LogP contribution in [0, 0.1) is 6.92 Å². The van der Waals surface area contributed by atoms with Crippen molar-refractivity contribution in [2.24, 2.45) is 0 Å². The van der Waals surface area contributed by atoms with Gasteiger partial charge in [0.2, 0.25) is 5.91 Å². The van der Waals surface area contributed by atoms with Gasteiger partial charge in [-0.25, -0.2) is 9.59 Å². The fraction of sp³-hybridized carbons (Fsp3) is 0.367. The van der Waals surface area contributed by atoms with Gasteiger partial charge in [-0.1, -0.05) is 47.5 Å². The lowest BCUT2D eigenvalue weighted by Gasteiger charge is -2.44. The monoisotopic (exact) mass is 633 g/mol. The quantitative estimate of drug-likeness (QED) is 0.445. The van der Waals surface area contributed by atoms with E-state index < -0.39 is 28.2 Å². The van der Waals surface area contributed by atoms with E-state index in [-0.39, 0.29) is 56.2 Å². The first-order chi connectivity index (χ1) is 19.8. The first-order valence-corrected chi connectivity index (χ1v) is 15.4. The molecular formula is C30H33Cl2N3O6S. The fourth-order valence-corrected chi connectivity index (χ4v) is 7.98. The van der Waals surface area contributed by atoms with Crippen LogP contribution in [0.1, 0.15) is 24.5 Å². The van der Waals surface area contributed by atoms with E-state index >= 15 is 0 Å². The molecular weight excluding hydrogens is 601 g/mol. The van der Waals surface area contributed by atoms with Gasteiger partial charge in [-0.3, -0.25) is 9.00 Å². The lowest BCUT2D eigenvalue weighted by molar-refractivity contribution is -0.134. The second kappa shape index (κ2) is 12.6. The zero-order valence-electron chi connectivity index (χ0n) is 23.8. The molecule has 2 aromatic carbocycles. The largest absolute Gasteiger partial charge is 0.478 e. The molecule has 2 aliphatic heterocycles. The predicted octanol–water partition coefficient (Wildman–Crippen LogP) is 4.15. The van der Waals surface area contributed by atoms with Gasteiger partial charge in [0.15, 0.2) is 0 Å². The van der Waals surface area contributed by atoms with Gasteiger partial charge in [0, 0.05) is 65.1 Å². The van der Waals surface area contributed by atoms with E-state index in [4.69, 9.17) is 23.2 Å². The Morgan fingerprint density at radius 1 is 0.881 bits per heavy atom. The third-order valence-corrected chi connectivity index (χ3v) is 10.2. The fourth-order valence-electron chi connectivity index (χ4n) is 5.80. The van der Waals surface area contributed by atoms with E-state index in [1.165, 1.54) is 31.0 Å². The number of benzene rings is 2. The number of carboxylic acid groups (broad SMARTS) is 2. The molecule has 0 bridgehead atoms. The molecule has 42 heavy (non-hydrogen) atoms. The molecule has 2 unspecified atom stereocenters. The molecule has 1 amide bonds. The van der Waals surface area contributed by atoms with Gasteiger partial charge in [0.25, 0.3) is 0 Å². The number of carboxylic acids is 2. The molecule has 1 saturated heterocycles. The molecule has 0 aromatic heterocycles. The van der Waals surface area contributed by atoms with Crippen LogP contribution in [-0.2, 0) is 30.6 Å². The summed E-state index contributed by atoms with van der Waals surface area (Å²) in [6, 6.07) is 11.7. The molecule has 1 fully saturated rings. The van der Waals surface area contributed by atoms with Crippen LogP contribution >= 0.6 is 23.2 Å². The van der Waals surface area contributed by atoms with Crippen molar-refractivity contribution in [2.45, 2.75) is 30.6 Å². The number of halogens is 2. The standard InChI is InChI=1S/C30H33Cl2N3O6S/c1-18-8-5-6-11-23(18)42(41)17-22-27(29(39)40)30(2,25-19(31)9-7-10-20(25)32)26(28(37)38)21(34(22)4)16-24(36)35-14-12-33(3)13-15-35/h5-11H,12-17H2,1-4H3,(H,37,38)(H,39,40). The van der Waals surface area contributed by atoms with Gasteiger partial charge < -0.3 is 24.9 Å². The van der Waals surface area contributed by atoms with Crippen molar-refractivity contribution < 1.29 is 28.8 Å². The first kappa shape index (κ1) is 31.7. The zero-order valence-corrected chi connectivity index (χ0v) is 26.1. The van der Waals surface area contributed by atoms with E-state index in [1.807, 2.05) is 13.1 Å². The van der Waals surface area contributed by atoms with Crippen LogP contribution in [0.15, 0.2) is 69.9 Å². The maximum Gasteiger partial charge on any atom is 0.334 e. The minimum Gasteiger partial charge on any atom is -0.478 e. The summed E-state index contributed by atoms with van der Waals surface area (Å²) in [5.41, 5.74) is -1.51. The lowest BCUT2D eigenvalue weighted by atomic mass is 9.66. The summed E-state index contributed by atoms with van der Waals surface area (Å²) in [5, 5.41) is 21.5. The Kier molecular flexibility index (Phi) is 9.52. The Morgan fingerprint density at radius 3 is 1.98 bits per heavy atom. The third kappa shape index (κ3) is 5.86. The average Bonchev–Trinajstić information content (AvgIpc) is 2.91. The summed E-state index contributed by atoms with van der Waals surface area (Å²) in [4.78, 5) is 45.5. The molecule has 0 aliphatic carbocycles. The number of hydrogen-bond donors (Lipinski definition) is 2. The van der Waals surface area contributed by atoms with Crippen LogP contribution in [0.2, 0.25) is 10.0 Å². The van der Waals surface area contributed by atoms with Crippen molar-refractivity contribution in [1.29, 1.82) is 0 Å². The zero-order chi connectivity index (χ0) is 30.9. The minimum absolute atomic E-state index is 0.0659. The number of aryl methyl sites for hydroxylation is 1. The van der Waals surface area contributed by atoms with Gasteiger partial charge >= 0.3 is 11.9 Å².